The number of nitrogens with zero attached hydrogens (tertiary/aromatic N) is 5. The highest BCUT2D eigenvalue weighted by Gasteiger charge is 2.14. The molecule has 3 aromatic heterocycles. The fraction of sp³-hybridized carbons (Fsp3) is 0. The Morgan fingerprint density at radius 2 is 1.86 bits per heavy atom. The number of pyridine rings is 1. The molecule has 0 spiro atoms. The Morgan fingerprint density at radius 3 is 2.62 bits per heavy atom. The summed E-state index contributed by atoms with van der Waals surface area (Å²) in [5.41, 5.74) is 1.80. The highest BCUT2D eigenvalue weighted by molar-refractivity contribution is 7.19. The predicted octanol–water partition coefficient (Wildman–Crippen LogP) is 2.62. The Hall–Kier alpha value is -2.80. The first kappa shape index (κ1) is 12.0. The summed E-state index contributed by atoms with van der Waals surface area (Å²) in [5.74, 6) is 0.900. The summed E-state index contributed by atoms with van der Waals surface area (Å²) in [6, 6.07) is 10.7. The topological polar surface area (TPSA) is 76.2 Å². The quantitative estimate of drug-likeness (QED) is 0.615. The van der Waals surface area contributed by atoms with Gasteiger partial charge in [0, 0.05) is 23.5 Å². The maximum absolute atomic E-state index is 9.34. The minimum Gasteiger partial charge on any atom is -0.508 e. The highest BCUT2D eigenvalue weighted by atomic mass is 32.1. The van der Waals surface area contributed by atoms with Crippen LogP contribution in [-0.2, 0) is 0 Å². The number of benzene rings is 1. The summed E-state index contributed by atoms with van der Waals surface area (Å²) in [5, 5.41) is 23.0. The standard InChI is InChI=1S/C14H9N5OS/c20-11-5-3-9(4-6-11)13-18-19-12(16-17-14(19)21-13)10-2-1-7-15-8-10/h1-8,20H. The summed E-state index contributed by atoms with van der Waals surface area (Å²) in [7, 11) is 0. The van der Waals surface area contributed by atoms with Gasteiger partial charge in [0.05, 0.1) is 0 Å². The van der Waals surface area contributed by atoms with Crippen LogP contribution in [0.1, 0.15) is 0 Å². The van der Waals surface area contributed by atoms with E-state index in [1.165, 1.54) is 11.3 Å². The van der Waals surface area contributed by atoms with Crippen LogP contribution in [0.2, 0.25) is 0 Å². The minimum atomic E-state index is 0.234. The molecule has 0 amide bonds. The van der Waals surface area contributed by atoms with Gasteiger partial charge in [0.25, 0.3) is 0 Å². The van der Waals surface area contributed by atoms with Gasteiger partial charge in [-0.25, -0.2) is 0 Å². The second-order valence-corrected chi connectivity index (χ2v) is 5.37. The van der Waals surface area contributed by atoms with Crippen LogP contribution in [0, 0.1) is 0 Å². The molecule has 21 heavy (non-hydrogen) atoms. The van der Waals surface area contributed by atoms with Gasteiger partial charge in [-0.05, 0) is 36.4 Å². The van der Waals surface area contributed by atoms with Crippen molar-refractivity contribution >= 4 is 16.3 Å². The summed E-state index contributed by atoms with van der Waals surface area (Å²) < 4.78 is 1.71. The van der Waals surface area contributed by atoms with Gasteiger partial charge in [-0.2, -0.15) is 9.61 Å². The zero-order valence-electron chi connectivity index (χ0n) is 10.7. The molecule has 3 heterocycles. The molecule has 0 atom stereocenters. The maximum atomic E-state index is 9.34. The molecule has 0 radical (unpaired) electrons. The number of phenolic OH excluding ortho intramolecular Hbond substituents is 1. The minimum absolute atomic E-state index is 0.234. The molecule has 0 saturated heterocycles. The first-order valence-corrected chi connectivity index (χ1v) is 7.05. The van der Waals surface area contributed by atoms with E-state index in [-0.39, 0.29) is 5.75 Å². The van der Waals surface area contributed by atoms with E-state index < -0.39 is 0 Å². The molecule has 4 rings (SSSR count). The smallest absolute Gasteiger partial charge is 0.235 e. The maximum Gasteiger partial charge on any atom is 0.235 e. The van der Waals surface area contributed by atoms with E-state index in [4.69, 9.17) is 0 Å². The Labute approximate surface area is 123 Å². The van der Waals surface area contributed by atoms with Crippen molar-refractivity contribution in [1.29, 1.82) is 0 Å². The average Bonchev–Trinajstić information content (AvgIpc) is 3.09. The average molecular weight is 295 g/mol. The van der Waals surface area contributed by atoms with Gasteiger partial charge in [-0.3, -0.25) is 4.98 Å². The Morgan fingerprint density at radius 1 is 1.00 bits per heavy atom. The summed E-state index contributed by atoms with van der Waals surface area (Å²) in [6.07, 6.45) is 3.45. The van der Waals surface area contributed by atoms with Crippen molar-refractivity contribution in [3.8, 4) is 27.7 Å². The van der Waals surface area contributed by atoms with Crippen LogP contribution < -0.4 is 0 Å². The van der Waals surface area contributed by atoms with E-state index >= 15 is 0 Å². The van der Waals surface area contributed by atoms with Gasteiger partial charge in [0.1, 0.15) is 10.8 Å². The Balaban J connectivity index is 1.84. The van der Waals surface area contributed by atoms with E-state index in [9.17, 15) is 5.11 Å². The molecule has 0 fully saturated rings. The van der Waals surface area contributed by atoms with Gasteiger partial charge in [0.15, 0.2) is 5.82 Å². The van der Waals surface area contributed by atoms with Crippen molar-refractivity contribution in [3.05, 3.63) is 48.8 Å². The van der Waals surface area contributed by atoms with Crippen LogP contribution in [0.15, 0.2) is 48.8 Å². The number of aromatic nitrogens is 5. The van der Waals surface area contributed by atoms with Crippen molar-refractivity contribution in [2.24, 2.45) is 0 Å². The molecular formula is C14H9N5OS. The lowest BCUT2D eigenvalue weighted by Gasteiger charge is -1.96. The van der Waals surface area contributed by atoms with Crippen molar-refractivity contribution in [1.82, 2.24) is 24.8 Å². The number of rotatable bonds is 2. The molecular weight excluding hydrogens is 286 g/mol. The van der Waals surface area contributed by atoms with Crippen molar-refractivity contribution in [2.45, 2.75) is 0 Å². The monoisotopic (exact) mass is 295 g/mol. The predicted molar refractivity (Wildman–Crippen MR) is 79.0 cm³/mol. The van der Waals surface area contributed by atoms with E-state index in [1.54, 1.807) is 29.0 Å². The fourth-order valence-electron chi connectivity index (χ4n) is 2.01. The van der Waals surface area contributed by atoms with Crippen LogP contribution in [0.5, 0.6) is 5.75 Å². The molecule has 4 aromatic rings. The lowest BCUT2D eigenvalue weighted by atomic mass is 10.2. The Bertz CT molecular complexity index is 898. The van der Waals surface area contributed by atoms with E-state index in [0.29, 0.717) is 5.82 Å². The molecule has 0 aliphatic heterocycles. The van der Waals surface area contributed by atoms with Crippen molar-refractivity contribution < 1.29 is 5.11 Å². The lowest BCUT2D eigenvalue weighted by molar-refractivity contribution is 0.475. The second kappa shape index (κ2) is 4.64. The van der Waals surface area contributed by atoms with Crippen LogP contribution in [-0.4, -0.2) is 29.9 Å². The van der Waals surface area contributed by atoms with Crippen molar-refractivity contribution in [2.75, 3.05) is 0 Å². The van der Waals surface area contributed by atoms with Crippen LogP contribution >= 0.6 is 11.3 Å². The second-order valence-electron chi connectivity index (χ2n) is 4.41. The van der Waals surface area contributed by atoms with Crippen LogP contribution in [0.3, 0.4) is 0 Å². The van der Waals surface area contributed by atoms with Crippen molar-refractivity contribution in [3.63, 3.8) is 0 Å². The largest absolute Gasteiger partial charge is 0.508 e. The first-order chi connectivity index (χ1) is 10.3. The summed E-state index contributed by atoms with van der Waals surface area (Å²) >= 11 is 1.45. The first-order valence-electron chi connectivity index (χ1n) is 6.23. The van der Waals surface area contributed by atoms with Crippen LogP contribution in [0.25, 0.3) is 26.9 Å². The lowest BCUT2D eigenvalue weighted by Crippen LogP contribution is -1.91. The van der Waals surface area contributed by atoms with Gasteiger partial charge < -0.3 is 5.11 Å². The van der Waals surface area contributed by atoms with Gasteiger partial charge >= 0.3 is 0 Å². The van der Waals surface area contributed by atoms with Crippen LogP contribution in [0.4, 0.5) is 0 Å². The highest BCUT2D eigenvalue weighted by Crippen LogP contribution is 2.28. The molecule has 6 nitrogen and oxygen atoms in total. The molecule has 0 saturated carbocycles. The third-order valence-electron chi connectivity index (χ3n) is 3.02. The number of aromatic hydroxyl groups is 1. The van der Waals surface area contributed by atoms with Gasteiger partial charge in [-0.15, -0.1) is 10.2 Å². The normalized spacial score (nSPS) is 11.0. The summed E-state index contributed by atoms with van der Waals surface area (Å²) in [4.78, 5) is 4.81. The van der Waals surface area contributed by atoms with E-state index in [2.05, 4.69) is 20.3 Å². The van der Waals surface area contributed by atoms with E-state index in [0.717, 1.165) is 21.1 Å². The molecule has 7 heteroatoms. The number of hydrogen-bond acceptors (Lipinski definition) is 6. The third kappa shape index (κ3) is 2.03. The molecule has 0 unspecified atom stereocenters. The zero-order valence-corrected chi connectivity index (χ0v) is 11.5. The van der Waals surface area contributed by atoms with E-state index in [1.807, 2.05) is 24.3 Å². The molecule has 1 N–H and O–H groups in total. The fourth-order valence-corrected chi connectivity index (χ4v) is 2.86. The molecule has 0 aliphatic carbocycles. The molecule has 0 aliphatic rings. The molecule has 102 valence electrons. The number of phenols is 1. The SMILES string of the molecule is Oc1ccc(-c2nn3c(-c4cccnc4)nnc3s2)cc1. The summed E-state index contributed by atoms with van der Waals surface area (Å²) in [6.45, 7) is 0. The molecule has 1 aromatic carbocycles. The zero-order chi connectivity index (χ0) is 14.2. The van der Waals surface area contributed by atoms with Gasteiger partial charge in [0.2, 0.25) is 4.96 Å². The number of hydrogen-bond donors (Lipinski definition) is 1. The third-order valence-corrected chi connectivity index (χ3v) is 3.97. The molecule has 0 bridgehead atoms. The Kier molecular flexibility index (Phi) is 2.65. The number of fused-ring (bicyclic) bond motifs is 1. The van der Waals surface area contributed by atoms with Gasteiger partial charge in [-0.1, -0.05) is 11.3 Å².